The van der Waals surface area contributed by atoms with Crippen LogP contribution in [0.1, 0.15) is 39.5 Å². The Labute approximate surface area is 121 Å². The molecule has 2 amide bonds. The summed E-state index contributed by atoms with van der Waals surface area (Å²) in [5.41, 5.74) is 0. The second-order valence-electron chi connectivity index (χ2n) is 5.59. The SMILES string of the molecule is CCN1CCCC1CN(C)C(=O)NC(C)CCC(=O)O. The summed E-state index contributed by atoms with van der Waals surface area (Å²) < 4.78 is 0. The molecule has 0 radical (unpaired) electrons. The Kier molecular flexibility index (Phi) is 6.78. The summed E-state index contributed by atoms with van der Waals surface area (Å²) >= 11 is 0. The van der Waals surface area contributed by atoms with Crippen LogP contribution in [0.25, 0.3) is 0 Å². The van der Waals surface area contributed by atoms with Gasteiger partial charge in [-0.3, -0.25) is 9.69 Å². The number of aliphatic carboxylic acids is 1. The summed E-state index contributed by atoms with van der Waals surface area (Å²) in [4.78, 5) is 26.6. The van der Waals surface area contributed by atoms with Gasteiger partial charge in [-0.2, -0.15) is 0 Å². The smallest absolute Gasteiger partial charge is 0.317 e. The highest BCUT2D eigenvalue weighted by Crippen LogP contribution is 2.17. The van der Waals surface area contributed by atoms with Gasteiger partial charge in [0.15, 0.2) is 0 Å². The van der Waals surface area contributed by atoms with Crippen LogP contribution in [0.4, 0.5) is 4.79 Å². The zero-order valence-electron chi connectivity index (χ0n) is 12.8. The normalized spacial score (nSPS) is 20.6. The first-order valence-electron chi connectivity index (χ1n) is 7.41. The predicted octanol–water partition coefficient (Wildman–Crippen LogP) is 1.37. The van der Waals surface area contributed by atoms with E-state index >= 15 is 0 Å². The minimum Gasteiger partial charge on any atom is -0.481 e. The molecule has 0 aromatic carbocycles. The van der Waals surface area contributed by atoms with Gasteiger partial charge in [-0.05, 0) is 39.3 Å². The predicted molar refractivity (Wildman–Crippen MR) is 77.8 cm³/mol. The van der Waals surface area contributed by atoms with Crippen molar-refractivity contribution in [1.82, 2.24) is 15.1 Å². The first kappa shape index (κ1) is 16.8. The van der Waals surface area contributed by atoms with Gasteiger partial charge in [0, 0.05) is 32.1 Å². The number of likely N-dealkylation sites (N-methyl/N-ethyl adjacent to an activating group) is 2. The molecule has 0 saturated carbocycles. The number of rotatable bonds is 7. The van der Waals surface area contributed by atoms with Gasteiger partial charge in [0.1, 0.15) is 0 Å². The fourth-order valence-corrected chi connectivity index (χ4v) is 2.65. The molecule has 0 aromatic heterocycles. The summed E-state index contributed by atoms with van der Waals surface area (Å²) in [7, 11) is 1.80. The molecule has 1 fully saturated rings. The largest absolute Gasteiger partial charge is 0.481 e. The van der Waals surface area contributed by atoms with Crippen molar-refractivity contribution in [1.29, 1.82) is 0 Å². The lowest BCUT2D eigenvalue weighted by molar-refractivity contribution is -0.137. The molecule has 0 bridgehead atoms. The molecule has 116 valence electrons. The fourth-order valence-electron chi connectivity index (χ4n) is 2.65. The Hall–Kier alpha value is -1.30. The third-order valence-corrected chi connectivity index (χ3v) is 3.90. The molecule has 1 saturated heterocycles. The topological polar surface area (TPSA) is 72.9 Å². The van der Waals surface area contributed by atoms with Crippen LogP contribution in [0.5, 0.6) is 0 Å². The maximum atomic E-state index is 12.0. The third kappa shape index (κ3) is 5.36. The molecular formula is C14H27N3O3. The molecule has 1 rings (SSSR count). The van der Waals surface area contributed by atoms with Gasteiger partial charge in [-0.1, -0.05) is 6.92 Å². The van der Waals surface area contributed by atoms with E-state index < -0.39 is 5.97 Å². The van der Waals surface area contributed by atoms with Crippen LogP contribution in [-0.4, -0.2) is 65.7 Å². The summed E-state index contributed by atoms with van der Waals surface area (Å²) in [5, 5.41) is 11.5. The number of carboxylic acid groups (broad SMARTS) is 1. The number of hydrogen-bond acceptors (Lipinski definition) is 3. The molecule has 0 aliphatic carbocycles. The quantitative estimate of drug-likeness (QED) is 0.741. The van der Waals surface area contributed by atoms with E-state index in [0.29, 0.717) is 12.5 Å². The number of carboxylic acids is 1. The van der Waals surface area contributed by atoms with Crippen LogP contribution in [0.2, 0.25) is 0 Å². The molecule has 0 spiro atoms. The van der Waals surface area contributed by atoms with Crippen molar-refractivity contribution in [2.45, 2.75) is 51.6 Å². The van der Waals surface area contributed by atoms with Crippen LogP contribution in [0.15, 0.2) is 0 Å². The van der Waals surface area contributed by atoms with Crippen molar-refractivity contribution in [2.75, 3.05) is 26.7 Å². The Morgan fingerprint density at radius 1 is 1.50 bits per heavy atom. The van der Waals surface area contributed by atoms with E-state index in [4.69, 9.17) is 5.11 Å². The molecule has 6 heteroatoms. The molecular weight excluding hydrogens is 258 g/mol. The van der Waals surface area contributed by atoms with Crippen molar-refractivity contribution in [3.63, 3.8) is 0 Å². The van der Waals surface area contributed by atoms with E-state index in [2.05, 4.69) is 17.1 Å². The molecule has 6 nitrogen and oxygen atoms in total. The van der Waals surface area contributed by atoms with Gasteiger partial charge in [-0.25, -0.2) is 4.79 Å². The number of urea groups is 1. The first-order chi connectivity index (χ1) is 9.43. The van der Waals surface area contributed by atoms with Crippen LogP contribution in [0, 0.1) is 0 Å². The molecule has 1 aliphatic rings. The number of carbonyl (C=O) groups excluding carboxylic acids is 1. The molecule has 1 heterocycles. The van der Waals surface area contributed by atoms with Gasteiger partial charge in [-0.15, -0.1) is 0 Å². The summed E-state index contributed by atoms with van der Waals surface area (Å²) in [6, 6.07) is 0.211. The van der Waals surface area contributed by atoms with E-state index in [9.17, 15) is 9.59 Å². The number of likely N-dealkylation sites (tertiary alicyclic amines) is 1. The maximum absolute atomic E-state index is 12.0. The van der Waals surface area contributed by atoms with E-state index in [0.717, 1.165) is 26.1 Å². The van der Waals surface area contributed by atoms with Crippen molar-refractivity contribution in [3.8, 4) is 0 Å². The minimum atomic E-state index is -0.830. The van der Waals surface area contributed by atoms with Gasteiger partial charge in [0.2, 0.25) is 0 Å². The average molecular weight is 285 g/mol. The summed E-state index contributed by atoms with van der Waals surface area (Å²) in [6.07, 6.45) is 2.87. The molecule has 1 aliphatic heterocycles. The van der Waals surface area contributed by atoms with E-state index in [-0.39, 0.29) is 18.5 Å². The highest BCUT2D eigenvalue weighted by Gasteiger charge is 2.25. The Morgan fingerprint density at radius 3 is 2.80 bits per heavy atom. The molecule has 0 aromatic rings. The lowest BCUT2D eigenvalue weighted by Gasteiger charge is -2.28. The minimum absolute atomic E-state index is 0.0808. The monoisotopic (exact) mass is 285 g/mol. The van der Waals surface area contributed by atoms with Gasteiger partial charge in [0.25, 0.3) is 0 Å². The number of hydrogen-bond donors (Lipinski definition) is 2. The Balaban J connectivity index is 2.33. The first-order valence-corrected chi connectivity index (χ1v) is 7.41. The van der Waals surface area contributed by atoms with Gasteiger partial charge >= 0.3 is 12.0 Å². The lowest BCUT2D eigenvalue weighted by Crippen LogP contribution is -2.47. The Morgan fingerprint density at radius 2 is 2.20 bits per heavy atom. The second-order valence-corrected chi connectivity index (χ2v) is 5.59. The second kappa shape index (κ2) is 8.09. The van der Waals surface area contributed by atoms with Crippen molar-refractivity contribution in [3.05, 3.63) is 0 Å². The maximum Gasteiger partial charge on any atom is 0.317 e. The highest BCUT2D eigenvalue weighted by atomic mass is 16.4. The highest BCUT2D eigenvalue weighted by molar-refractivity contribution is 5.74. The third-order valence-electron chi connectivity index (χ3n) is 3.90. The van der Waals surface area contributed by atoms with Crippen LogP contribution < -0.4 is 5.32 Å². The molecule has 2 unspecified atom stereocenters. The van der Waals surface area contributed by atoms with E-state index in [1.807, 2.05) is 6.92 Å². The summed E-state index contributed by atoms with van der Waals surface area (Å²) in [5.74, 6) is -0.830. The number of carbonyl (C=O) groups is 2. The van der Waals surface area contributed by atoms with Crippen LogP contribution in [-0.2, 0) is 4.79 Å². The Bertz CT molecular complexity index is 336. The standard InChI is InChI=1S/C14H27N3O3/c1-4-17-9-5-6-12(17)10-16(3)14(20)15-11(2)7-8-13(18)19/h11-12H,4-10H2,1-3H3,(H,15,20)(H,18,19). The molecule has 20 heavy (non-hydrogen) atoms. The average Bonchev–Trinajstić information content (AvgIpc) is 2.83. The number of nitrogens with zero attached hydrogens (tertiary/aromatic N) is 2. The number of nitrogens with one attached hydrogen (secondary N) is 1. The lowest BCUT2D eigenvalue weighted by atomic mass is 10.2. The van der Waals surface area contributed by atoms with E-state index in [1.165, 1.54) is 6.42 Å². The summed E-state index contributed by atoms with van der Waals surface area (Å²) in [6.45, 7) is 6.85. The van der Waals surface area contributed by atoms with Crippen molar-refractivity contribution >= 4 is 12.0 Å². The number of amides is 2. The molecule has 2 N–H and O–H groups in total. The van der Waals surface area contributed by atoms with Gasteiger partial charge in [0.05, 0.1) is 0 Å². The fraction of sp³-hybridized carbons (Fsp3) is 0.857. The van der Waals surface area contributed by atoms with Crippen molar-refractivity contribution < 1.29 is 14.7 Å². The van der Waals surface area contributed by atoms with E-state index in [1.54, 1.807) is 11.9 Å². The van der Waals surface area contributed by atoms with Crippen LogP contribution in [0.3, 0.4) is 0 Å². The molecule has 2 atom stereocenters. The zero-order valence-corrected chi connectivity index (χ0v) is 12.8. The zero-order chi connectivity index (χ0) is 15.1. The van der Waals surface area contributed by atoms with Crippen molar-refractivity contribution in [2.24, 2.45) is 0 Å². The van der Waals surface area contributed by atoms with Crippen LogP contribution >= 0.6 is 0 Å². The van der Waals surface area contributed by atoms with Gasteiger partial charge < -0.3 is 15.3 Å².